The third kappa shape index (κ3) is 4.17. The number of ether oxygens (including phenoxy) is 1. The average Bonchev–Trinajstić information content (AvgIpc) is 2.33. The second kappa shape index (κ2) is 6.47. The number of aryl methyl sites for hydroxylation is 1. The minimum atomic E-state index is -0.487. The summed E-state index contributed by atoms with van der Waals surface area (Å²) in [5, 5.41) is 0.00474. The second-order valence-corrected chi connectivity index (χ2v) is 4.60. The molecule has 6 nitrogen and oxygen atoms in total. The van der Waals surface area contributed by atoms with Crippen LogP contribution in [-0.4, -0.2) is 46.4 Å². The van der Waals surface area contributed by atoms with E-state index >= 15 is 0 Å². The van der Waals surface area contributed by atoms with Gasteiger partial charge in [0, 0.05) is 11.7 Å². The van der Waals surface area contributed by atoms with Crippen molar-refractivity contribution in [3.05, 3.63) is 22.7 Å². The first-order valence-corrected chi connectivity index (χ1v) is 6.12. The Morgan fingerprint density at radius 2 is 2.05 bits per heavy atom. The third-order valence-corrected chi connectivity index (χ3v) is 2.63. The van der Waals surface area contributed by atoms with Crippen molar-refractivity contribution in [3.8, 4) is 0 Å². The molecule has 0 aliphatic carbocycles. The lowest BCUT2D eigenvalue weighted by Crippen LogP contribution is -2.41. The van der Waals surface area contributed by atoms with Crippen LogP contribution in [-0.2, 0) is 9.53 Å². The van der Waals surface area contributed by atoms with Crippen molar-refractivity contribution in [1.82, 2.24) is 14.9 Å². The maximum Gasteiger partial charge on any atom is 0.325 e. The van der Waals surface area contributed by atoms with Gasteiger partial charge in [-0.2, -0.15) is 0 Å². The molecule has 0 saturated heterocycles. The van der Waals surface area contributed by atoms with Crippen molar-refractivity contribution in [2.24, 2.45) is 0 Å². The molecule has 0 unspecified atom stereocenters. The number of methoxy groups -OCH3 is 1. The van der Waals surface area contributed by atoms with Gasteiger partial charge in [0.15, 0.2) is 0 Å². The molecule has 0 fully saturated rings. The van der Waals surface area contributed by atoms with Crippen LogP contribution in [0.15, 0.2) is 6.07 Å². The Morgan fingerprint density at radius 1 is 1.42 bits per heavy atom. The molecule has 0 atom stereocenters. The smallest absolute Gasteiger partial charge is 0.325 e. The van der Waals surface area contributed by atoms with E-state index in [4.69, 9.17) is 11.6 Å². The Morgan fingerprint density at radius 3 is 2.53 bits per heavy atom. The standard InChI is InChI=1S/C12H16ClN3O3/c1-7(2)16(6-10(17)19-4)11(18)9-5-8(3)14-12(13)15-9/h5,7H,6H2,1-4H3. The van der Waals surface area contributed by atoms with Crippen molar-refractivity contribution in [2.45, 2.75) is 26.8 Å². The molecular formula is C12H16ClN3O3. The fourth-order valence-corrected chi connectivity index (χ4v) is 1.71. The molecular weight excluding hydrogens is 270 g/mol. The molecule has 0 aromatic carbocycles. The van der Waals surface area contributed by atoms with Gasteiger partial charge in [-0.1, -0.05) is 0 Å². The lowest BCUT2D eigenvalue weighted by atomic mass is 10.2. The molecule has 1 heterocycles. The van der Waals surface area contributed by atoms with Crippen LogP contribution in [0.1, 0.15) is 30.0 Å². The summed E-state index contributed by atoms with van der Waals surface area (Å²) < 4.78 is 4.57. The number of nitrogens with zero attached hydrogens (tertiary/aromatic N) is 3. The van der Waals surface area contributed by atoms with E-state index in [1.165, 1.54) is 18.1 Å². The van der Waals surface area contributed by atoms with E-state index in [0.29, 0.717) is 5.69 Å². The minimum Gasteiger partial charge on any atom is -0.468 e. The highest BCUT2D eigenvalue weighted by molar-refractivity contribution is 6.28. The number of amides is 1. The molecule has 1 aromatic rings. The fourth-order valence-electron chi connectivity index (χ4n) is 1.48. The highest BCUT2D eigenvalue weighted by Crippen LogP contribution is 2.10. The van der Waals surface area contributed by atoms with Crippen LogP contribution >= 0.6 is 11.6 Å². The zero-order valence-electron chi connectivity index (χ0n) is 11.3. The van der Waals surface area contributed by atoms with Gasteiger partial charge in [-0.15, -0.1) is 0 Å². The quantitative estimate of drug-likeness (QED) is 0.619. The Balaban J connectivity index is 3.02. The van der Waals surface area contributed by atoms with Crippen molar-refractivity contribution in [3.63, 3.8) is 0 Å². The zero-order chi connectivity index (χ0) is 14.6. The maximum absolute atomic E-state index is 12.3. The van der Waals surface area contributed by atoms with Crippen LogP contribution in [0.25, 0.3) is 0 Å². The number of hydrogen-bond acceptors (Lipinski definition) is 5. The van der Waals surface area contributed by atoms with E-state index in [0.717, 1.165) is 0 Å². The number of aromatic nitrogens is 2. The summed E-state index contributed by atoms with van der Waals surface area (Å²) in [6.45, 7) is 5.19. The average molecular weight is 286 g/mol. The third-order valence-electron chi connectivity index (χ3n) is 2.46. The highest BCUT2D eigenvalue weighted by Gasteiger charge is 2.23. The van der Waals surface area contributed by atoms with E-state index in [-0.39, 0.29) is 29.5 Å². The Bertz CT molecular complexity index is 471. The predicted octanol–water partition coefficient (Wildman–Crippen LogP) is 1.46. The van der Waals surface area contributed by atoms with Gasteiger partial charge in [0.2, 0.25) is 5.28 Å². The maximum atomic E-state index is 12.3. The van der Waals surface area contributed by atoms with Crippen LogP contribution in [0.4, 0.5) is 0 Å². The molecule has 0 spiro atoms. The van der Waals surface area contributed by atoms with Crippen LogP contribution in [0.5, 0.6) is 0 Å². The zero-order valence-corrected chi connectivity index (χ0v) is 12.1. The number of rotatable bonds is 4. The summed E-state index contributed by atoms with van der Waals surface area (Å²) >= 11 is 5.73. The van der Waals surface area contributed by atoms with E-state index in [1.807, 2.05) is 0 Å². The van der Waals surface area contributed by atoms with Gasteiger partial charge in [0.05, 0.1) is 7.11 Å². The van der Waals surface area contributed by atoms with Crippen LogP contribution in [0.3, 0.4) is 0 Å². The molecule has 7 heteroatoms. The van der Waals surface area contributed by atoms with Crippen molar-refractivity contribution < 1.29 is 14.3 Å². The number of halogens is 1. The normalized spacial score (nSPS) is 10.4. The van der Waals surface area contributed by atoms with Gasteiger partial charge in [-0.05, 0) is 38.4 Å². The van der Waals surface area contributed by atoms with Crippen molar-refractivity contribution >= 4 is 23.5 Å². The number of carbonyl (C=O) groups is 2. The van der Waals surface area contributed by atoms with Gasteiger partial charge >= 0.3 is 5.97 Å². The minimum absolute atomic E-state index is 0.00474. The highest BCUT2D eigenvalue weighted by atomic mass is 35.5. The first kappa shape index (κ1) is 15.4. The molecule has 0 aliphatic heterocycles. The van der Waals surface area contributed by atoms with Gasteiger partial charge in [-0.25, -0.2) is 9.97 Å². The van der Waals surface area contributed by atoms with Gasteiger partial charge < -0.3 is 9.64 Å². The summed E-state index contributed by atoms with van der Waals surface area (Å²) in [5.74, 6) is -0.869. The lowest BCUT2D eigenvalue weighted by Gasteiger charge is -2.25. The molecule has 1 rings (SSSR count). The first-order chi connectivity index (χ1) is 8.85. The molecule has 104 valence electrons. The van der Waals surface area contributed by atoms with Crippen LogP contribution in [0.2, 0.25) is 5.28 Å². The SMILES string of the molecule is COC(=O)CN(C(=O)c1cc(C)nc(Cl)n1)C(C)C. The van der Waals surface area contributed by atoms with Crippen LogP contribution < -0.4 is 0 Å². The Hall–Kier alpha value is -1.69. The van der Waals surface area contributed by atoms with E-state index in [9.17, 15) is 9.59 Å². The topological polar surface area (TPSA) is 72.4 Å². The largest absolute Gasteiger partial charge is 0.468 e. The summed E-state index contributed by atoms with van der Waals surface area (Å²) in [4.78, 5) is 32.8. The molecule has 0 N–H and O–H groups in total. The fraction of sp³-hybridized carbons (Fsp3) is 0.500. The van der Waals surface area contributed by atoms with E-state index in [1.54, 1.807) is 20.8 Å². The number of esters is 1. The van der Waals surface area contributed by atoms with Crippen molar-refractivity contribution in [2.75, 3.05) is 13.7 Å². The summed E-state index contributed by atoms with van der Waals surface area (Å²) in [7, 11) is 1.27. The lowest BCUT2D eigenvalue weighted by molar-refractivity contribution is -0.141. The van der Waals surface area contributed by atoms with E-state index < -0.39 is 5.97 Å². The van der Waals surface area contributed by atoms with E-state index in [2.05, 4.69) is 14.7 Å². The second-order valence-electron chi connectivity index (χ2n) is 4.27. The Labute approximate surface area is 116 Å². The monoisotopic (exact) mass is 285 g/mol. The van der Waals surface area contributed by atoms with Crippen molar-refractivity contribution in [1.29, 1.82) is 0 Å². The first-order valence-electron chi connectivity index (χ1n) is 5.74. The molecule has 0 radical (unpaired) electrons. The summed E-state index contributed by atoms with van der Waals surface area (Å²) in [6, 6.07) is 1.36. The molecule has 0 bridgehead atoms. The Kier molecular flexibility index (Phi) is 5.23. The van der Waals surface area contributed by atoms with Gasteiger partial charge in [-0.3, -0.25) is 9.59 Å². The van der Waals surface area contributed by atoms with Crippen LogP contribution in [0, 0.1) is 6.92 Å². The number of hydrogen-bond donors (Lipinski definition) is 0. The predicted molar refractivity (Wildman–Crippen MR) is 70.0 cm³/mol. The summed E-state index contributed by atoms with van der Waals surface area (Å²) in [5.41, 5.74) is 0.750. The van der Waals surface area contributed by atoms with Gasteiger partial charge in [0.25, 0.3) is 5.91 Å². The summed E-state index contributed by atoms with van der Waals surface area (Å²) in [6.07, 6.45) is 0. The molecule has 0 saturated carbocycles. The molecule has 1 amide bonds. The van der Waals surface area contributed by atoms with Gasteiger partial charge in [0.1, 0.15) is 12.2 Å². The molecule has 0 aliphatic rings. The molecule has 1 aromatic heterocycles. The molecule has 19 heavy (non-hydrogen) atoms. The number of carbonyl (C=O) groups excluding carboxylic acids is 2.